The zero-order valence-electron chi connectivity index (χ0n) is 21.0. The number of carbonyl (C=O) groups is 1. The number of amides is 1. The summed E-state index contributed by atoms with van der Waals surface area (Å²) in [4.78, 5) is 13.2. The molecule has 0 aliphatic carbocycles. The molecule has 0 saturated carbocycles. The van der Waals surface area contributed by atoms with E-state index in [0.717, 1.165) is 9.87 Å². The highest BCUT2D eigenvalue weighted by atomic mass is 32.2. The molecule has 1 fully saturated rings. The van der Waals surface area contributed by atoms with Crippen molar-refractivity contribution in [3.8, 4) is 5.75 Å². The second kappa shape index (κ2) is 11.5. The van der Waals surface area contributed by atoms with Crippen LogP contribution in [0.15, 0.2) is 82.6 Å². The van der Waals surface area contributed by atoms with Gasteiger partial charge < -0.3 is 14.8 Å². The minimum atomic E-state index is -4.10. The maximum Gasteiger partial charge on any atom is 0.264 e. The molecule has 202 valence electrons. The van der Waals surface area contributed by atoms with Gasteiger partial charge in [-0.15, -0.1) is 0 Å². The van der Waals surface area contributed by atoms with E-state index in [1.165, 1.54) is 53.9 Å². The Kier molecular flexibility index (Phi) is 8.36. The number of rotatable bonds is 9. The van der Waals surface area contributed by atoms with Gasteiger partial charge in [-0.25, -0.2) is 16.8 Å². The molecule has 1 saturated heterocycles. The number of nitrogens with one attached hydrogen (secondary N) is 1. The van der Waals surface area contributed by atoms with Gasteiger partial charge in [0.25, 0.3) is 10.0 Å². The fraction of sp³-hybridized carbons (Fsp3) is 0.269. The molecule has 1 heterocycles. The van der Waals surface area contributed by atoms with Crippen molar-refractivity contribution in [3.63, 3.8) is 0 Å². The molecule has 0 spiro atoms. The van der Waals surface area contributed by atoms with E-state index >= 15 is 0 Å². The van der Waals surface area contributed by atoms with E-state index in [-0.39, 0.29) is 28.6 Å². The van der Waals surface area contributed by atoms with Gasteiger partial charge in [0, 0.05) is 24.8 Å². The Balaban J connectivity index is 1.56. The molecule has 3 aromatic rings. The summed E-state index contributed by atoms with van der Waals surface area (Å²) >= 11 is 0. The van der Waals surface area contributed by atoms with Crippen LogP contribution in [0, 0.1) is 6.92 Å². The highest BCUT2D eigenvalue weighted by Crippen LogP contribution is 2.27. The number of sulfonamides is 2. The summed E-state index contributed by atoms with van der Waals surface area (Å²) < 4.78 is 65.6. The van der Waals surface area contributed by atoms with Crippen LogP contribution in [0.1, 0.15) is 5.56 Å². The molecule has 12 heteroatoms. The lowest BCUT2D eigenvalue weighted by Gasteiger charge is -2.26. The maximum absolute atomic E-state index is 13.6. The second-order valence-corrected chi connectivity index (χ2v) is 12.4. The van der Waals surface area contributed by atoms with E-state index in [4.69, 9.17) is 9.47 Å². The van der Waals surface area contributed by atoms with Crippen LogP contribution in [0.3, 0.4) is 0 Å². The summed E-state index contributed by atoms with van der Waals surface area (Å²) in [6.07, 6.45) is 0. The molecule has 1 N–H and O–H groups in total. The van der Waals surface area contributed by atoms with Crippen LogP contribution in [0.4, 0.5) is 11.4 Å². The SMILES string of the molecule is COc1cccc(N(CC(=O)Nc2ccc(S(=O)(=O)N3CCOCC3)cc2)S(=O)(=O)c2ccc(C)cc2)c1. The van der Waals surface area contributed by atoms with Crippen molar-refractivity contribution in [2.24, 2.45) is 0 Å². The van der Waals surface area contributed by atoms with E-state index in [0.29, 0.717) is 24.7 Å². The Morgan fingerprint density at radius 3 is 2.21 bits per heavy atom. The summed E-state index contributed by atoms with van der Waals surface area (Å²) in [6, 6.07) is 18.5. The van der Waals surface area contributed by atoms with Crippen LogP contribution in [0.2, 0.25) is 0 Å². The average Bonchev–Trinajstić information content (AvgIpc) is 2.92. The van der Waals surface area contributed by atoms with Crippen molar-refractivity contribution in [2.75, 3.05) is 49.6 Å². The molecule has 1 aliphatic heterocycles. The topological polar surface area (TPSA) is 122 Å². The number of nitrogens with zero attached hydrogens (tertiary/aromatic N) is 2. The summed E-state index contributed by atoms with van der Waals surface area (Å²) in [5, 5.41) is 2.66. The highest BCUT2D eigenvalue weighted by Gasteiger charge is 2.28. The third kappa shape index (κ3) is 6.16. The number of morpholine rings is 1. The third-order valence-electron chi connectivity index (χ3n) is 5.98. The number of carbonyl (C=O) groups excluding carboxylic acids is 1. The number of hydrogen-bond acceptors (Lipinski definition) is 7. The number of methoxy groups -OCH3 is 1. The molecule has 0 aromatic heterocycles. The zero-order valence-corrected chi connectivity index (χ0v) is 22.7. The normalized spacial score (nSPS) is 14.6. The van der Waals surface area contributed by atoms with Crippen LogP contribution in [-0.2, 0) is 29.6 Å². The quantitative estimate of drug-likeness (QED) is 0.428. The van der Waals surface area contributed by atoms with Gasteiger partial charge in [0.2, 0.25) is 15.9 Å². The van der Waals surface area contributed by atoms with Crippen molar-refractivity contribution in [1.29, 1.82) is 0 Å². The third-order valence-corrected chi connectivity index (χ3v) is 9.68. The first-order valence-corrected chi connectivity index (χ1v) is 14.7. The van der Waals surface area contributed by atoms with Crippen molar-refractivity contribution in [2.45, 2.75) is 16.7 Å². The summed E-state index contributed by atoms with van der Waals surface area (Å²) in [7, 11) is -6.31. The summed E-state index contributed by atoms with van der Waals surface area (Å²) in [6.45, 7) is 2.55. The van der Waals surface area contributed by atoms with Crippen LogP contribution in [0.5, 0.6) is 5.75 Å². The van der Waals surface area contributed by atoms with Crippen molar-refractivity contribution in [1.82, 2.24) is 4.31 Å². The van der Waals surface area contributed by atoms with E-state index in [2.05, 4.69) is 5.32 Å². The largest absolute Gasteiger partial charge is 0.497 e. The van der Waals surface area contributed by atoms with Gasteiger partial charge in [-0.05, 0) is 55.5 Å². The molecule has 38 heavy (non-hydrogen) atoms. The second-order valence-electron chi connectivity index (χ2n) is 8.62. The average molecular weight is 560 g/mol. The fourth-order valence-electron chi connectivity index (χ4n) is 3.90. The van der Waals surface area contributed by atoms with Crippen molar-refractivity contribution < 1.29 is 31.1 Å². The Morgan fingerprint density at radius 2 is 1.58 bits per heavy atom. The van der Waals surface area contributed by atoms with E-state index in [1.807, 2.05) is 6.92 Å². The predicted octanol–water partition coefficient (Wildman–Crippen LogP) is 2.86. The smallest absolute Gasteiger partial charge is 0.264 e. The molecule has 0 radical (unpaired) electrons. The lowest BCUT2D eigenvalue weighted by Crippen LogP contribution is -2.40. The number of benzene rings is 3. The number of anilines is 2. The molecule has 4 rings (SSSR count). The maximum atomic E-state index is 13.6. The van der Waals surface area contributed by atoms with Gasteiger partial charge >= 0.3 is 0 Å². The first-order chi connectivity index (χ1) is 18.1. The fourth-order valence-corrected chi connectivity index (χ4v) is 6.72. The molecule has 0 unspecified atom stereocenters. The molecular weight excluding hydrogens is 530 g/mol. The molecule has 1 amide bonds. The van der Waals surface area contributed by atoms with Crippen LogP contribution in [-0.4, -0.2) is 67.0 Å². The minimum absolute atomic E-state index is 0.0383. The zero-order chi connectivity index (χ0) is 27.3. The Bertz CT molecular complexity index is 1480. The Hall–Kier alpha value is -3.45. The van der Waals surface area contributed by atoms with Crippen molar-refractivity contribution in [3.05, 3.63) is 78.4 Å². The monoisotopic (exact) mass is 559 g/mol. The van der Waals surface area contributed by atoms with Gasteiger partial charge in [-0.2, -0.15) is 4.31 Å². The number of hydrogen-bond donors (Lipinski definition) is 1. The number of aryl methyl sites for hydroxylation is 1. The van der Waals surface area contributed by atoms with Crippen LogP contribution >= 0.6 is 0 Å². The lowest BCUT2D eigenvalue weighted by atomic mass is 10.2. The molecular formula is C26H29N3O7S2. The number of ether oxygens (including phenoxy) is 2. The first-order valence-electron chi connectivity index (χ1n) is 11.8. The summed E-state index contributed by atoms with van der Waals surface area (Å²) in [5.74, 6) is -0.170. The first kappa shape index (κ1) is 27.6. The van der Waals surface area contributed by atoms with Crippen LogP contribution < -0.4 is 14.4 Å². The van der Waals surface area contributed by atoms with Crippen LogP contribution in [0.25, 0.3) is 0 Å². The summed E-state index contributed by atoms with van der Waals surface area (Å²) in [5.41, 5.74) is 1.48. The Labute approximate surface area is 222 Å². The van der Waals surface area contributed by atoms with Gasteiger partial charge in [0.15, 0.2) is 0 Å². The Morgan fingerprint density at radius 1 is 0.947 bits per heavy atom. The van der Waals surface area contributed by atoms with Gasteiger partial charge in [-0.3, -0.25) is 9.10 Å². The molecule has 10 nitrogen and oxygen atoms in total. The van der Waals surface area contributed by atoms with E-state index in [1.54, 1.807) is 30.3 Å². The molecule has 0 bridgehead atoms. The van der Waals surface area contributed by atoms with E-state index in [9.17, 15) is 21.6 Å². The predicted molar refractivity (Wildman–Crippen MR) is 143 cm³/mol. The van der Waals surface area contributed by atoms with Gasteiger partial charge in [0.1, 0.15) is 12.3 Å². The van der Waals surface area contributed by atoms with Gasteiger partial charge in [0.05, 0.1) is 35.8 Å². The minimum Gasteiger partial charge on any atom is -0.497 e. The van der Waals surface area contributed by atoms with E-state index < -0.39 is 32.5 Å². The molecule has 1 aliphatic rings. The lowest BCUT2D eigenvalue weighted by molar-refractivity contribution is -0.114. The standard InChI is InChI=1S/C26H29N3O7S2/c1-20-6-10-25(11-7-20)38(33,34)29(22-4-3-5-23(18-22)35-2)19-26(30)27-21-8-12-24(13-9-21)37(31,32)28-14-16-36-17-15-28/h3-13,18H,14-17,19H2,1-2H3,(H,27,30). The molecule has 3 aromatic carbocycles. The van der Waals surface area contributed by atoms with Gasteiger partial charge in [-0.1, -0.05) is 23.8 Å². The highest BCUT2D eigenvalue weighted by molar-refractivity contribution is 7.92. The van der Waals surface area contributed by atoms with Crippen molar-refractivity contribution >= 4 is 37.3 Å². The molecule has 0 atom stereocenters.